The molecule has 3 fully saturated rings. The molecular formula is C32H39F5N2. The maximum atomic E-state index is 15.0. The van der Waals surface area contributed by atoms with Crippen LogP contribution in [0.25, 0.3) is 16.8 Å². The number of piperidine rings is 2. The highest BCUT2D eigenvalue weighted by Crippen LogP contribution is 2.53. The number of nitrogens with zero attached hydrogens (tertiary/aromatic N) is 2. The third kappa shape index (κ3) is 6.18. The molecule has 39 heavy (non-hydrogen) atoms. The van der Waals surface area contributed by atoms with E-state index in [1.165, 1.54) is 18.6 Å². The molecule has 2 aliphatic heterocycles. The molecule has 2 saturated heterocycles. The molecule has 2 heterocycles. The van der Waals surface area contributed by atoms with Crippen molar-refractivity contribution < 1.29 is 22.0 Å². The lowest BCUT2D eigenvalue weighted by atomic mass is 9.67. The second-order valence-corrected chi connectivity index (χ2v) is 11.9. The van der Waals surface area contributed by atoms with Gasteiger partial charge >= 0.3 is 6.18 Å². The van der Waals surface area contributed by atoms with Crippen LogP contribution in [0.15, 0.2) is 43.0 Å². The number of hydrogen-bond donors (Lipinski definition) is 0. The van der Waals surface area contributed by atoms with Gasteiger partial charge in [0.15, 0.2) is 0 Å². The number of aryl methyl sites for hydroxylation is 1. The number of hydrogen-bond acceptors (Lipinski definition) is 2. The Bertz CT molecular complexity index is 1160. The molecular weight excluding hydrogens is 507 g/mol. The van der Waals surface area contributed by atoms with E-state index in [9.17, 15) is 13.2 Å². The van der Waals surface area contributed by atoms with Crippen LogP contribution in [0, 0.1) is 23.0 Å². The van der Waals surface area contributed by atoms with E-state index in [-0.39, 0.29) is 31.0 Å². The summed E-state index contributed by atoms with van der Waals surface area (Å²) in [7, 11) is 0. The van der Waals surface area contributed by atoms with Crippen molar-refractivity contribution in [3.63, 3.8) is 0 Å². The molecule has 2 aromatic rings. The number of benzene rings is 2. The van der Waals surface area contributed by atoms with E-state index in [0.717, 1.165) is 45.2 Å². The number of alkyl halides is 3. The molecule has 0 spiro atoms. The zero-order chi connectivity index (χ0) is 27.6. The largest absolute Gasteiger partial charge is 0.395 e. The van der Waals surface area contributed by atoms with Gasteiger partial charge in [0.1, 0.15) is 11.6 Å². The highest BCUT2D eigenvalue weighted by Gasteiger charge is 2.58. The van der Waals surface area contributed by atoms with Crippen LogP contribution in [0.3, 0.4) is 0 Å². The molecule has 212 valence electrons. The molecule has 2 aromatic carbocycles. The summed E-state index contributed by atoms with van der Waals surface area (Å²) in [6.45, 7) is 7.37. The van der Waals surface area contributed by atoms with Crippen molar-refractivity contribution in [3.8, 4) is 11.1 Å². The lowest BCUT2D eigenvalue weighted by Gasteiger charge is -2.47. The van der Waals surface area contributed by atoms with E-state index in [1.54, 1.807) is 12.1 Å². The summed E-state index contributed by atoms with van der Waals surface area (Å²) in [5.41, 5.74) is 1.58. The molecule has 0 unspecified atom stereocenters. The van der Waals surface area contributed by atoms with Gasteiger partial charge in [0.25, 0.3) is 0 Å². The van der Waals surface area contributed by atoms with Crippen LogP contribution in [-0.4, -0.2) is 48.7 Å². The van der Waals surface area contributed by atoms with E-state index >= 15 is 8.78 Å². The Kier molecular flexibility index (Phi) is 8.37. The first-order valence-corrected chi connectivity index (χ1v) is 14.5. The highest BCUT2D eigenvalue weighted by molar-refractivity contribution is 5.69. The van der Waals surface area contributed by atoms with E-state index in [4.69, 9.17) is 0 Å². The van der Waals surface area contributed by atoms with Crippen LogP contribution >= 0.6 is 0 Å². The Labute approximate surface area is 228 Å². The maximum Gasteiger partial charge on any atom is 0.395 e. The zero-order valence-electron chi connectivity index (χ0n) is 22.6. The third-order valence-corrected chi connectivity index (χ3v) is 9.37. The second-order valence-electron chi connectivity index (χ2n) is 11.9. The van der Waals surface area contributed by atoms with Gasteiger partial charge in [0, 0.05) is 30.9 Å². The summed E-state index contributed by atoms with van der Waals surface area (Å²) in [4.78, 5) is 4.11. The lowest BCUT2D eigenvalue weighted by molar-refractivity contribution is -0.256. The van der Waals surface area contributed by atoms with Gasteiger partial charge in [0.2, 0.25) is 0 Å². The first-order chi connectivity index (χ1) is 18.6. The fourth-order valence-electron chi connectivity index (χ4n) is 6.55. The minimum atomic E-state index is -4.12. The quantitative estimate of drug-likeness (QED) is 0.307. The second kappa shape index (κ2) is 11.6. The minimum Gasteiger partial charge on any atom is -0.371 e. The van der Waals surface area contributed by atoms with Gasteiger partial charge in [-0.25, -0.2) is 8.78 Å². The van der Waals surface area contributed by atoms with Crippen LogP contribution in [0.2, 0.25) is 0 Å². The zero-order valence-corrected chi connectivity index (χ0v) is 22.6. The van der Waals surface area contributed by atoms with Gasteiger partial charge in [-0.15, -0.1) is 0 Å². The fourth-order valence-corrected chi connectivity index (χ4v) is 6.55. The van der Waals surface area contributed by atoms with Crippen LogP contribution < -0.4 is 0 Å². The molecule has 1 saturated carbocycles. The summed E-state index contributed by atoms with van der Waals surface area (Å²) >= 11 is 0. The first-order valence-electron chi connectivity index (χ1n) is 14.5. The Balaban J connectivity index is 1.14. The lowest BCUT2D eigenvalue weighted by Crippen LogP contribution is -2.53. The first kappa shape index (κ1) is 28.1. The number of likely N-dealkylation sites (tertiary alicyclic amines) is 2. The van der Waals surface area contributed by atoms with Gasteiger partial charge < -0.3 is 9.80 Å². The topological polar surface area (TPSA) is 6.48 Å². The van der Waals surface area contributed by atoms with E-state index in [2.05, 4.69) is 11.5 Å². The van der Waals surface area contributed by atoms with Crippen LogP contribution in [0.4, 0.5) is 22.0 Å². The maximum absolute atomic E-state index is 15.0. The smallest absolute Gasteiger partial charge is 0.371 e. The van der Waals surface area contributed by atoms with Crippen molar-refractivity contribution >= 4 is 5.70 Å². The molecule has 0 aromatic heterocycles. The Morgan fingerprint density at radius 3 is 2.05 bits per heavy atom. The van der Waals surface area contributed by atoms with Crippen molar-refractivity contribution in [2.45, 2.75) is 70.4 Å². The third-order valence-electron chi connectivity index (χ3n) is 9.37. The molecule has 1 aliphatic carbocycles. The average Bonchev–Trinajstić information content (AvgIpc) is 2.90. The number of halogens is 5. The minimum absolute atomic E-state index is 0.118. The van der Waals surface area contributed by atoms with Crippen molar-refractivity contribution in [1.82, 2.24) is 9.80 Å². The molecule has 0 N–H and O–H groups in total. The molecule has 0 bridgehead atoms. The Hall–Kier alpha value is -2.41. The molecule has 3 aliphatic rings. The Morgan fingerprint density at radius 2 is 1.49 bits per heavy atom. The van der Waals surface area contributed by atoms with Gasteiger partial charge in [-0.2, -0.15) is 13.2 Å². The van der Waals surface area contributed by atoms with Gasteiger partial charge in [-0.05, 0) is 112 Å². The fraction of sp³-hybridized carbons (Fsp3) is 0.562. The van der Waals surface area contributed by atoms with Crippen LogP contribution in [0.1, 0.15) is 68.9 Å². The molecule has 0 radical (unpaired) electrons. The van der Waals surface area contributed by atoms with Gasteiger partial charge in [-0.3, -0.25) is 0 Å². The van der Waals surface area contributed by atoms with Crippen LogP contribution in [-0.2, 0) is 6.42 Å². The van der Waals surface area contributed by atoms with E-state index < -0.39 is 11.6 Å². The summed E-state index contributed by atoms with van der Waals surface area (Å²) in [6, 6.07) is 10.1. The normalized spacial score (nSPS) is 20.6. The van der Waals surface area contributed by atoms with Gasteiger partial charge in [0.05, 0.1) is 5.41 Å². The number of rotatable bonds is 8. The van der Waals surface area contributed by atoms with E-state index in [1.807, 2.05) is 17.0 Å². The molecule has 0 amide bonds. The van der Waals surface area contributed by atoms with Gasteiger partial charge in [-0.1, -0.05) is 31.2 Å². The predicted octanol–water partition coefficient (Wildman–Crippen LogP) is 8.47. The molecule has 0 atom stereocenters. The Morgan fingerprint density at radius 1 is 0.846 bits per heavy atom. The molecule has 5 rings (SSSR count). The molecule has 2 nitrogen and oxygen atoms in total. The SMILES string of the molecule is C=C(c1ccc(-c2ccc(CCC3CCN(CC4(C(F)(F)F)CCC4)CC3)c(F)c2)cc1F)N1CCCCC1. The summed E-state index contributed by atoms with van der Waals surface area (Å²) in [5, 5.41) is 0. The standard InChI is InChI=1S/C32H39F5N2/c1-23(39-16-3-2-4-17-39)28-11-10-27(21-30(28)34)26-9-8-25(29(33)20-26)7-6-24-12-18-38(19-13-24)22-31(14-5-15-31)32(35,36)37/h8-11,20-21,24H,1-7,12-19,22H2. The van der Waals surface area contributed by atoms with Crippen molar-refractivity contribution in [1.29, 1.82) is 0 Å². The predicted molar refractivity (Wildman–Crippen MR) is 146 cm³/mol. The molecule has 7 heteroatoms. The monoisotopic (exact) mass is 546 g/mol. The van der Waals surface area contributed by atoms with Crippen molar-refractivity contribution in [2.24, 2.45) is 11.3 Å². The summed E-state index contributed by atoms with van der Waals surface area (Å²) in [6.07, 6.45) is 3.51. The average molecular weight is 547 g/mol. The van der Waals surface area contributed by atoms with E-state index in [0.29, 0.717) is 59.8 Å². The summed E-state index contributed by atoms with van der Waals surface area (Å²) < 4.78 is 70.6. The highest BCUT2D eigenvalue weighted by atomic mass is 19.4. The van der Waals surface area contributed by atoms with Crippen LogP contribution in [0.5, 0.6) is 0 Å². The van der Waals surface area contributed by atoms with Crippen molar-refractivity contribution in [2.75, 3.05) is 32.7 Å². The summed E-state index contributed by atoms with van der Waals surface area (Å²) in [5.74, 6) is -0.264. The van der Waals surface area contributed by atoms with Crippen molar-refractivity contribution in [3.05, 3.63) is 65.7 Å².